The number of pyridine rings is 1. The molecular formula is C11H17NO. The lowest BCUT2D eigenvalue weighted by Crippen LogP contribution is -2.01. The van der Waals surface area contributed by atoms with Gasteiger partial charge in [-0.3, -0.25) is 4.98 Å². The Labute approximate surface area is 79.6 Å². The first-order valence-electron chi connectivity index (χ1n) is 4.78. The van der Waals surface area contributed by atoms with Crippen LogP contribution in [0.3, 0.4) is 0 Å². The summed E-state index contributed by atoms with van der Waals surface area (Å²) in [5, 5.41) is 9.04. The van der Waals surface area contributed by atoms with Crippen LogP contribution in [0.15, 0.2) is 12.1 Å². The van der Waals surface area contributed by atoms with Gasteiger partial charge in [0.2, 0.25) is 0 Å². The maximum absolute atomic E-state index is 9.04. The lowest BCUT2D eigenvalue weighted by molar-refractivity contribution is 0.280. The zero-order valence-electron chi connectivity index (χ0n) is 8.54. The summed E-state index contributed by atoms with van der Waals surface area (Å²) in [6, 6.07) is 3.97. The van der Waals surface area contributed by atoms with Crippen molar-refractivity contribution in [3.8, 4) is 0 Å². The van der Waals surface area contributed by atoms with Crippen molar-refractivity contribution in [3.05, 3.63) is 29.1 Å². The number of hydrogen-bond donors (Lipinski definition) is 1. The highest BCUT2D eigenvalue weighted by Crippen LogP contribution is 2.15. The van der Waals surface area contributed by atoms with Crippen LogP contribution in [0.2, 0.25) is 0 Å². The molecule has 0 aliphatic carbocycles. The highest BCUT2D eigenvalue weighted by molar-refractivity contribution is 5.23. The molecule has 0 saturated carbocycles. The Bertz CT molecular complexity index is 281. The van der Waals surface area contributed by atoms with Gasteiger partial charge in [0.15, 0.2) is 0 Å². The molecule has 0 unspecified atom stereocenters. The summed E-state index contributed by atoms with van der Waals surface area (Å²) < 4.78 is 0. The molecule has 0 spiro atoms. The normalized spacial score (nSPS) is 10.8. The standard InChI is InChI=1S/C11H17NO/c1-4-10-9(7-13)5-6-11(12-10)8(2)3/h5-6,8,13H,4,7H2,1-3H3. The molecular weight excluding hydrogens is 162 g/mol. The van der Waals surface area contributed by atoms with E-state index in [1.165, 1.54) is 0 Å². The van der Waals surface area contributed by atoms with E-state index in [9.17, 15) is 0 Å². The first-order chi connectivity index (χ1) is 6.19. The third kappa shape index (κ3) is 2.28. The number of aliphatic hydroxyl groups excluding tert-OH is 1. The number of aryl methyl sites for hydroxylation is 1. The van der Waals surface area contributed by atoms with E-state index in [-0.39, 0.29) is 6.61 Å². The molecule has 0 fully saturated rings. The molecule has 0 bridgehead atoms. The molecule has 0 radical (unpaired) electrons. The third-order valence-corrected chi connectivity index (χ3v) is 2.19. The van der Waals surface area contributed by atoms with Crippen molar-refractivity contribution in [1.29, 1.82) is 0 Å². The van der Waals surface area contributed by atoms with E-state index in [0.717, 1.165) is 23.4 Å². The van der Waals surface area contributed by atoms with Crippen LogP contribution in [0.25, 0.3) is 0 Å². The number of rotatable bonds is 3. The summed E-state index contributed by atoms with van der Waals surface area (Å²) in [5.41, 5.74) is 3.08. The van der Waals surface area contributed by atoms with E-state index in [4.69, 9.17) is 5.11 Å². The Morgan fingerprint density at radius 3 is 2.54 bits per heavy atom. The molecule has 2 nitrogen and oxygen atoms in total. The molecule has 0 atom stereocenters. The predicted octanol–water partition coefficient (Wildman–Crippen LogP) is 2.26. The largest absolute Gasteiger partial charge is 0.392 e. The predicted molar refractivity (Wildman–Crippen MR) is 53.6 cm³/mol. The van der Waals surface area contributed by atoms with Crippen LogP contribution in [-0.4, -0.2) is 10.1 Å². The number of aromatic nitrogens is 1. The minimum Gasteiger partial charge on any atom is -0.392 e. The van der Waals surface area contributed by atoms with E-state index in [0.29, 0.717) is 5.92 Å². The van der Waals surface area contributed by atoms with E-state index in [1.54, 1.807) is 0 Å². The Hall–Kier alpha value is -0.890. The molecule has 2 heteroatoms. The van der Waals surface area contributed by atoms with Gasteiger partial charge in [0.05, 0.1) is 6.61 Å². The topological polar surface area (TPSA) is 33.1 Å². The van der Waals surface area contributed by atoms with Gasteiger partial charge in [-0.05, 0) is 24.0 Å². The van der Waals surface area contributed by atoms with Gasteiger partial charge in [-0.25, -0.2) is 0 Å². The van der Waals surface area contributed by atoms with Crippen LogP contribution < -0.4 is 0 Å². The van der Waals surface area contributed by atoms with Gasteiger partial charge in [0.1, 0.15) is 0 Å². The number of aliphatic hydroxyl groups is 1. The van der Waals surface area contributed by atoms with E-state index >= 15 is 0 Å². The third-order valence-electron chi connectivity index (χ3n) is 2.19. The monoisotopic (exact) mass is 179 g/mol. The van der Waals surface area contributed by atoms with E-state index in [2.05, 4.69) is 25.8 Å². The lowest BCUT2D eigenvalue weighted by atomic mass is 10.1. The van der Waals surface area contributed by atoms with Gasteiger partial charge in [-0.2, -0.15) is 0 Å². The Kier molecular flexibility index (Phi) is 3.43. The summed E-state index contributed by atoms with van der Waals surface area (Å²) in [5.74, 6) is 0.457. The highest BCUT2D eigenvalue weighted by Gasteiger charge is 2.05. The van der Waals surface area contributed by atoms with E-state index < -0.39 is 0 Å². The summed E-state index contributed by atoms with van der Waals surface area (Å²) >= 11 is 0. The number of hydrogen-bond acceptors (Lipinski definition) is 2. The fourth-order valence-electron chi connectivity index (χ4n) is 1.32. The van der Waals surface area contributed by atoms with Gasteiger partial charge in [-0.15, -0.1) is 0 Å². The Morgan fingerprint density at radius 1 is 1.38 bits per heavy atom. The molecule has 0 aromatic carbocycles. The fourth-order valence-corrected chi connectivity index (χ4v) is 1.32. The average Bonchev–Trinajstić information content (AvgIpc) is 2.16. The van der Waals surface area contributed by atoms with Gasteiger partial charge < -0.3 is 5.11 Å². The summed E-state index contributed by atoms with van der Waals surface area (Å²) in [4.78, 5) is 4.50. The van der Waals surface area contributed by atoms with Crippen molar-refractivity contribution in [2.75, 3.05) is 0 Å². The maximum atomic E-state index is 9.04. The van der Waals surface area contributed by atoms with Crippen molar-refractivity contribution in [1.82, 2.24) is 4.98 Å². The van der Waals surface area contributed by atoms with Crippen LogP contribution in [0.5, 0.6) is 0 Å². The molecule has 1 N–H and O–H groups in total. The Balaban J connectivity index is 3.05. The first kappa shape index (κ1) is 10.2. The quantitative estimate of drug-likeness (QED) is 0.772. The van der Waals surface area contributed by atoms with Gasteiger partial charge in [0.25, 0.3) is 0 Å². The van der Waals surface area contributed by atoms with Crippen molar-refractivity contribution in [2.45, 2.75) is 39.7 Å². The van der Waals surface area contributed by atoms with Crippen LogP contribution in [0.4, 0.5) is 0 Å². The molecule has 1 aromatic rings. The molecule has 1 heterocycles. The summed E-state index contributed by atoms with van der Waals surface area (Å²) in [6.45, 7) is 6.40. The van der Waals surface area contributed by atoms with Gasteiger partial charge in [0, 0.05) is 11.4 Å². The second-order valence-electron chi connectivity index (χ2n) is 3.51. The molecule has 13 heavy (non-hydrogen) atoms. The highest BCUT2D eigenvalue weighted by atomic mass is 16.3. The van der Waals surface area contributed by atoms with Crippen LogP contribution in [-0.2, 0) is 13.0 Å². The molecule has 72 valence electrons. The lowest BCUT2D eigenvalue weighted by Gasteiger charge is -2.09. The molecule has 1 rings (SSSR count). The van der Waals surface area contributed by atoms with Gasteiger partial charge >= 0.3 is 0 Å². The summed E-state index contributed by atoms with van der Waals surface area (Å²) in [6.07, 6.45) is 0.885. The molecule has 0 amide bonds. The zero-order chi connectivity index (χ0) is 9.84. The van der Waals surface area contributed by atoms with Crippen molar-refractivity contribution >= 4 is 0 Å². The summed E-state index contributed by atoms with van der Waals surface area (Å²) in [7, 11) is 0. The minimum atomic E-state index is 0.0918. The SMILES string of the molecule is CCc1nc(C(C)C)ccc1CO. The van der Waals surface area contributed by atoms with E-state index in [1.807, 2.05) is 12.1 Å². The molecule has 0 aliphatic rings. The Morgan fingerprint density at radius 2 is 2.08 bits per heavy atom. The van der Waals surface area contributed by atoms with Crippen molar-refractivity contribution in [3.63, 3.8) is 0 Å². The minimum absolute atomic E-state index is 0.0918. The smallest absolute Gasteiger partial charge is 0.0699 e. The van der Waals surface area contributed by atoms with Crippen molar-refractivity contribution < 1.29 is 5.11 Å². The molecule has 0 saturated heterocycles. The van der Waals surface area contributed by atoms with Crippen LogP contribution in [0, 0.1) is 0 Å². The zero-order valence-corrected chi connectivity index (χ0v) is 8.54. The first-order valence-corrected chi connectivity index (χ1v) is 4.78. The van der Waals surface area contributed by atoms with Crippen LogP contribution >= 0.6 is 0 Å². The van der Waals surface area contributed by atoms with Crippen LogP contribution in [0.1, 0.15) is 43.6 Å². The second kappa shape index (κ2) is 4.38. The maximum Gasteiger partial charge on any atom is 0.0699 e. The average molecular weight is 179 g/mol. The fraction of sp³-hybridized carbons (Fsp3) is 0.545. The van der Waals surface area contributed by atoms with Crippen molar-refractivity contribution in [2.24, 2.45) is 0 Å². The molecule has 0 aliphatic heterocycles. The molecule has 1 aromatic heterocycles. The van der Waals surface area contributed by atoms with Gasteiger partial charge in [-0.1, -0.05) is 26.8 Å². The number of nitrogens with zero attached hydrogens (tertiary/aromatic N) is 1. The second-order valence-corrected chi connectivity index (χ2v) is 3.51.